The molecule has 0 unspecified atom stereocenters. The first-order chi connectivity index (χ1) is 11.3. The number of nitrogens with zero attached hydrogens (tertiary/aromatic N) is 1. The van der Waals surface area contributed by atoms with E-state index in [-0.39, 0.29) is 24.3 Å². The maximum atomic E-state index is 13.1. The van der Waals surface area contributed by atoms with Gasteiger partial charge in [0.2, 0.25) is 0 Å². The van der Waals surface area contributed by atoms with Gasteiger partial charge < -0.3 is 5.11 Å². The molecule has 0 spiro atoms. The Morgan fingerprint density at radius 1 is 1.12 bits per heavy atom. The van der Waals surface area contributed by atoms with E-state index in [4.69, 9.17) is 5.11 Å². The zero-order chi connectivity index (χ0) is 17.7. The van der Waals surface area contributed by atoms with Crippen molar-refractivity contribution in [3.05, 3.63) is 58.8 Å². The molecule has 5 nitrogen and oxygen atoms in total. The summed E-state index contributed by atoms with van der Waals surface area (Å²) in [5.74, 6) is -1.53. The third-order valence-electron chi connectivity index (χ3n) is 3.27. The van der Waals surface area contributed by atoms with Gasteiger partial charge in [-0.05, 0) is 58.7 Å². The molecule has 0 heterocycles. The van der Waals surface area contributed by atoms with Crippen molar-refractivity contribution in [3.8, 4) is 0 Å². The summed E-state index contributed by atoms with van der Waals surface area (Å²) in [4.78, 5) is 10.7. The Labute approximate surface area is 147 Å². The second-order valence-corrected chi connectivity index (χ2v) is 7.70. The molecular formula is C16H15BrFNO4S. The first-order valence-corrected chi connectivity index (χ1v) is 9.30. The lowest BCUT2D eigenvalue weighted by Crippen LogP contribution is -2.32. The molecule has 0 saturated heterocycles. The van der Waals surface area contributed by atoms with Crippen LogP contribution in [-0.2, 0) is 14.8 Å². The minimum Gasteiger partial charge on any atom is -0.481 e. The van der Waals surface area contributed by atoms with Gasteiger partial charge in [0.15, 0.2) is 0 Å². The Hall–Kier alpha value is -1.93. The number of rotatable bonds is 7. The second kappa shape index (κ2) is 7.76. The molecule has 128 valence electrons. The molecule has 1 N–H and O–H groups in total. The van der Waals surface area contributed by atoms with Crippen LogP contribution in [0.15, 0.2) is 57.9 Å². The lowest BCUT2D eigenvalue weighted by molar-refractivity contribution is -0.137. The standard InChI is InChI=1S/C16H15BrFNO4S/c17-14-4-1-2-5-15(14)19(11-3-6-16(20)21)24(22,23)13-9-7-12(18)8-10-13/h1-2,4-5,7-10H,3,6,11H2,(H,20,21). The van der Waals surface area contributed by atoms with Crippen molar-refractivity contribution in [3.63, 3.8) is 0 Å². The number of hydrogen-bond donors (Lipinski definition) is 1. The summed E-state index contributed by atoms with van der Waals surface area (Å²) in [7, 11) is -3.95. The molecular weight excluding hydrogens is 401 g/mol. The molecule has 0 aliphatic carbocycles. The van der Waals surface area contributed by atoms with Gasteiger partial charge in [-0.1, -0.05) is 12.1 Å². The van der Waals surface area contributed by atoms with Crippen molar-refractivity contribution in [2.24, 2.45) is 0 Å². The molecule has 0 aliphatic rings. The van der Waals surface area contributed by atoms with Crippen LogP contribution < -0.4 is 4.31 Å². The van der Waals surface area contributed by atoms with Crippen LogP contribution in [0.5, 0.6) is 0 Å². The predicted molar refractivity (Wildman–Crippen MR) is 91.9 cm³/mol. The normalized spacial score (nSPS) is 11.2. The summed E-state index contributed by atoms with van der Waals surface area (Å²) >= 11 is 3.31. The molecule has 0 amide bonds. The first-order valence-electron chi connectivity index (χ1n) is 7.07. The van der Waals surface area contributed by atoms with Gasteiger partial charge in [-0.25, -0.2) is 12.8 Å². The van der Waals surface area contributed by atoms with Crippen LogP contribution in [0.3, 0.4) is 0 Å². The Balaban J connectivity index is 2.42. The van der Waals surface area contributed by atoms with E-state index in [2.05, 4.69) is 15.9 Å². The number of carbonyl (C=O) groups is 1. The molecule has 2 rings (SSSR count). The minimum absolute atomic E-state index is 0.00533. The fourth-order valence-electron chi connectivity index (χ4n) is 2.13. The summed E-state index contributed by atoms with van der Waals surface area (Å²) < 4.78 is 40.6. The van der Waals surface area contributed by atoms with Crippen LogP contribution in [0.4, 0.5) is 10.1 Å². The van der Waals surface area contributed by atoms with Gasteiger partial charge in [0, 0.05) is 17.4 Å². The molecule has 0 saturated carbocycles. The maximum Gasteiger partial charge on any atom is 0.303 e. The smallest absolute Gasteiger partial charge is 0.303 e. The SMILES string of the molecule is O=C(O)CCCN(c1ccccc1Br)S(=O)(=O)c1ccc(F)cc1. The van der Waals surface area contributed by atoms with E-state index in [1.165, 1.54) is 12.1 Å². The van der Waals surface area contributed by atoms with Crippen LogP contribution in [-0.4, -0.2) is 26.0 Å². The van der Waals surface area contributed by atoms with E-state index >= 15 is 0 Å². The number of halogens is 2. The van der Waals surface area contributed by atoms with Crippen molar-refractivity contribution in [1.82, 2.24) is 0 Å². The number of hydrogen-bond acceptors (Lipinski definition) is 3. The number of sulfonamides is 1. The molecule has 0 radical (unpaired) electrons. The van der Waals surface area contributed by atoms with E-state index < -0.39 is 21.8 Å². The van der Waals surface area contributed by atoms with Gasteiger partial charge >= 0.3 is 5.97 Å². The van der Waals surface area contributed by atoms with Gasteiger partial charge in [-0.2, -0.15) is 0 Å². The highest BCUT2D eigenvalue weighted by atomic mass is 79.9. The van der Waals surface area contributed by atoms with Gasteiger partial charge in [0.25, 0.3) is 10.0 Å². The molecule has 0 atom stereocenters. The summed E-state index contributed by atoms with van der Waals surface area (Å²) in [5, 5.41) is 8.78. The van der Waals surface area contributed by atoms with Crippen molar-refractivity contribution in [1.29, 1.82) is 0 Å². The van der Waals surface area contributed by atoms with E-state index in [0.717, 1.165) is 16.4 Å². The van der Waals surface area contributed by atoms with Gasteiger partial charge in [0.1, 0.15) is 5.82 Å². The average molecular weight is 416 g/mol. The van der Waals surface area contributed by atoms with Crippen LogP contribution in [0.2, 0.25) is 0 Å². The van der Waals surface area contributed by atoms with Crippen molar-refractivity contribution >= 4 is 37.6 Å². The molecule has 0 aromatic heterocycles. The van der Waals surface area contributed by atoms with E-state index in [0.29, 0.717) is 10.2 Å². The van der Waals surface area contributed by atoms with Gasteiger partial charge in [0.05, 0.1) is 10.6 Å². The monoisotopic (exact) mass is 415 g/mol. The number of benzene rings is 2. The Morgan fingerprint density at radius 2 is 1.75 bits per heavy atom. The van der Waals surface area contributed by atoms with Crippen molar-refractivity contribution in [2.75, 3.05) is 10.8 Å². The molecule has 24 heavy (non-hydrogen) atoms. The summed E-state index contributed by atoms with van der Waals surface area (Å²) in [6, 6.07) is 11.3. The third-order valence-corrected chi connectivity index (χ3v) is 5.77. The van der Waals surface area contributed by atoms with Crippen LogP contribution in [0.25, 0.3) is 0 Å². The highest BCUT2D eigenvalue weighted by Gasteiger charge is 2.26. The van der Waals surface area contributed by atoms with E-state index in [9.17, 15) is 17.6 Å². The highest BCUT2D eigenvalue weighted by Crippen LogP contribution is 2.31. The Bertz CT molecular complexity index is 824. The molecule has 2 aromatic carbocycles. The lowest BCUT2D eigenvalue weighted by atomic mass is 10.3. The largest absolute Gasteiger partial charge is 0.481 e. The molecule has 0 aliphatic heterocycles. The second-order valence-electron chi connectivity index (χ2n) is 4.98. The van der Waals surface area contributed by atoms with Crippen LogP contribution in [0, 0.1) is 5.82 Å². The Morgan fingerprint density at radius 3 is 2.33 bits per heavy atom. The Kier molecular flexibility index (Phi) is 5.95. The van der Waals surface area contributed by atoms with Gasteiger partial charge in [-0.15, -0.1) is 0 Å². The van der Waals surface area contributed by atoms with E-state index in [1.807, 2.05) is 0 Å². The highest BCUT2D eigenvalue weighted by molar-refractivity contribution is 9.10. The van der Waals surface area contributed by atoms with Crippen LogP contribution >= 0.6 is 15.9 Å². The number of carboxylic acid groups (broad SMARTS) is 1. The first kappa shape index (κ1) is 18.4. The average Bonchev–Trinajstić information content (AvgIpc) is 2.52. The molecule has 0 bridgehead atoms. The molecule has 0 fully saturated rings. The number of carboxylic acids is 1. The van der Waals surface area contributed by atoms with Crippen molar-refractivity contribution < 1.29 is 22.7 Å². The number of aliphatic carboxylic acids is 1. The maximum absolute atomic E-state index is 13.1. The summed E-state index contributed by atoms with van der Waals surface area (Å²) in [6.07, 6.45) is -0.00299. The fourth-order valence-corrected chi connectivity index (χ4v) is 4.27. The van der Waals surface area contributed by atoms with Crippen LogP contribution in [0.1, 0.15) is 12.8 Å². The van der Waals surface area contributed by atoms with Crippen molar-refractivity contribution in [2.45, 2.75) is 17.7 Å². The zero-order valence-electron chi connectivity index (χ0n) is 12.5. The quantitative estimate of drug-likeness (QED) is 0.748. The van der Waals surface area contributed by atoms with E-state index in [1.54, 1.807) is 24.3 Å². The fraction of sp³-hybridized carbons (Fsp3) is 0.188. The number of anilines is 1. The lowest BCUT2D eigenvalue weighted by Gasteiger charge is -2.25. The summed E-state index contributed by atoms with van der Waals surface area (Å²) in [5.41, 5.74) is 0.396. The molecule has 2 aromatic rings. The zero-order valence-corrected chi connectivity index (χ0v) is 14.9. The topological polar surface area (TPSA) is 74.7 Å². The number of para-hydroxylation sites is 1. The predicted octanol–water partition coefficient (Wildman–Crippen LogP) is 3.65. The van der Waals surface area contributed by atoms with Gasteiger partial charge in [-0.3, -0.25) is 9.10 Å². The minimum atomic E-state index is -3.95. The third kappa shape index (κ3) is 4.33. The summed E-state index contributed by atoms with van der Waals surface area (Å²) in [6.45, 7) is -0.00533. The molecule has 8 heteroatoms.